The maximum Gasteiger partial charge on any atom is 0.408 e. The third-order valence-corrected chi connectivity index (χ3v) is 3.40. The first-order valence-electron chi connectivity index (χ1n) is 6.80. The highest BCUT2D eigenvalue weighted by Gasteiger charge is 2.24. The summed E-state index contributed by atoms with van der Waals surface area (Å²) >= 11 is 0. The topological polar surface area (TPSA) is 47.6 Å². The van der Waals surface area contributed by atoms with Crippen LogP contribution >= 0.6 is 0 Å². The maximum atomic E-state index is 11.8. The summed E-state index contributed by atoms with van der Waals surface area (Å²) in [7, 11) is 0. The Labute approximate surface area is 119 Å². The molecule has 1 saturated heterocycles. The summed E-state index contributed by atoms with van der Waals surface area (Å²) in [5, 5.41) is 2.75. The molecule has 0 aromatic heterocycles. The van der Waals surface area contributed by atoms with Crippen molar-refractivity contribution in [3.8, 4) is 12.3 Å². The fourth-order valence-electron chi connectivity index (χ4n) is 2.24. The molecule has 0 saturated carbocycles. The summed E-state index contributed by atoms with van der Waals surface area (Å²) in [5.74, 6) is 2.90. The number of hydrogen-bond acceptors (Lipinski definition) is 3. The summed E-state index contributed by atoms with van der Waals surface area (Å²) in [6, 6.07) is 9.26. The van der Waals surface area contributed by atoms with Gasteiger partial charge >= 0.3 is 6.09 Å². The second-order valence-corrected chi connectivity index (χ2v) is 4.80. The first kappa shape index (κ1) is 14.4. The van der Waals surface area contributed by atoms with Crippen molar-refractivity contribution in [1.82, 2.24) is 5.32 Å². The van der Waals surface area contributed by atoms with Crippen LogP contribution in [0.25, 0.3) is 0 Å². The monoisotopic (exact) mass is 273 g/mol. The van der Waals surface area contributed by atoms with E-state index in [0.29, 0.717) is 13.2 Å². The van der Waals surface area contributed by atoms with Crippen LogP contribution in [0.3, 0.4) is 0 Å². The van der Waals surface area contributed by atoms with Gasteiger partial charge in [-0.3, -0.25) is 0 Å². The molecule has 0 aliphatic carbocycles. The van der Waals surface area contributed by atoms with Crippen molar-refractivity contribution in [2.24, 2.45) is 5.92 Å². The third kappa shape index (κ3) is 4.29. The first-order valence-corrected chi connectivity index (χ1v) is 6.80. The number of nitrogens with one attached hydrogen (secondary N) is 1. The molecule has 1 heterocycles. The molecule has 1 aromatic rings. The lowest BCUT2D eigenvalue weighted by molar-refractivity contribution is 0.0583. The Balaban J connectivity index is 1.79. The average Bonchev–Trinajstić information content (AvgIpc) is 2.52. The Kier molecular flexibility index (Phi) is 5.45. The fourth-order valence-corrected chi connectivity index (χ4v) is 2.24. The molecule has 0 bridgehead atoms. The normalized spacial score (nSPS) is 16.9. The van der Waals surface area contributed by atoms with Crippen molar-refractivity contribution in [2.45, 2.75) is 25.5 Å². The SMILES string of the molecule is C#CC(NC(=O)OCc1ccccc1)C1CCOCC1. The lowest BCUT2D eigenvalue weighted by Gasteiger charge is -2.27. The predicted molar refractivity (Wildman–Crippen MR) is 75.9 cm³/mol. The van der Waals surface area contributed by atoms with Gasteiger partial charge in [0.2, 0.25) is 0 Å². The molecule has 2 rings (SSSR count). The van der Waals surface area contributed by atoms with Gasteiger partial charge in [0.15, 0.2) is 0 Å². The van der Waals surface area contributed by atoms with E-state index in [-0.39, 0.29) is 18.6 Å². The molecule has 20 heavy (non-hydrogen) atoms. The summed E-state index contributed by atoms with van der Waals surface area (Å²) in [6.45, 7) is 1.64. The van der Waals surface area contributed by atoms with E-state index >= 15 is 0 Å². The molecule has 1 amide bonds. The fraction of sp³-hybridized carbons (Fsp3) is 0.438. The lowest BCUT2D eigenvalue weighted by Crippen LogP contribution is -2.41. The van der Waals surface area contributed by atoms with Gasteiger partial charge in [-0.2, -0.15) is 0 Å². The predicted octanol–water partition coefficient (Wildman–Crippen LogP) is 2.34. The Morgan fingerprint density at radius 2 is 2.10 bits per heavy atom. The van der Waals surface area contributed by atoms with Crippen LogP contribution in [-0.4, -0.2) is 25.3 Å². The summed E-state index contributed by atoms with van der Waals surface area (Å²) in [4.78, 5) is 11.8. The van der Waals surface area contributed by atoms with Crippen molar-refractivity contribution in [2.75, 3.05) is 13.2 Å². The second-order valence-electron chi connectivity index (χ2n) is 4.80. The number of amides is 1. The van der Waals surface area contributed by atoms with E-state index in [4.69, 9.17) is 15.9 Å². The van der Waals surface area contributed by atoms with E-state index in [1.807, 2.05) is 30.3 Å². The Hall–Kier alpha value is -1.99. The number of carbonyl (C=O) groups excluding carboxylic acids is 1. The van der Waals surface area contributed by atoms with Crippen LogP contribution in [0.4, 0.5) is 4.79 Å². The van der Waals surface area contributed by atoms with Gasteiger partial charge < -0.3 is 14.8 Å². The first-order chi connectivity index (χ1) is 9.79. The van der Waals surface area contributed by atoms with Crippen molar-refractivity contribution < 1.29 is 14.3 Å². The van der Waals surface area contributed by atoms with Gasteiger partial charge in [0.25, 0.3) is 0 Å². The van der Waals surface area contributed by atoms with Crippen LogP contribution in [0.2, 0.25) is 0 Å². The van der Waals surface area contributed by atoms with E-state index in [9.17, 15) is 4.79 Å². The third-order valence-electron chi connectivity index (χ3n) is 3.40. The molecular formula is C16H19NO3. The molecule has 1 atom stereocenters. The summed E-state index contributed by atoms with van der Waals surface area (Å²) in [6.07, 6.45) is 6.77. The highest BCUT2D eigenvalue weighted by Crippen LogP contribution is 2.18. The van der Waals surface area contributed by atoms with Crippen LogP contribution in [0.5, 0.6) is 0 Å². The number of alkyl carbamates (subject to hydrolysis) is 1. The highest BCUT2D eigenvalue weighted by atomic mass is 16.5. The molecule has 1 aliphatic rings. The largest absolute Gasteiger partial charge is 0.445 e. The molecule has 1 fully saturated rings. The molecule has 0 radical (unpaired) electrons. The van der Waals surface area contributed by atoms with Gasteiger partial charge in [0.05, 0.1) is 6.04 Å². The number of hydrogen-bond donors (Lipinski definition) is 1. The molecule has 1 N–H and O–H groups in total. The number of carbonyl (C=O) groups is 1. The van der Waals surface area contributed by atoms with Crippen LogP contribution in [0.1, 0.15) is 18.4 Å². The van der Waals surface area contributed by atoms with Crippen molar-refractivity contribution in [3.63, 3.8) is 0 Å². The second kappa shape index (κ2) is 7.56. The molecular weight excluding hydrogens is 254 g/mol. The summed E-state index contributed by atoms with van der Waals surface area (Å²) < 4.78 is 10.5. The van der Waals surface area contributed by atoms with Crippen molar-refractivity contribution >= 4 is 6.09 Å². The molecule has 1 aromatic carbocycles. The standard InChI is InChI=1S/C16H19NO3/c1-2-15(14-8-10-19-11-9-14)17-16(18)20-12-13-6-4-3-5-7-13/h1,3-7,14-15H,8-12H2,(H,17,18). The van der Waals surface area contributed by atoms with Crippen molar-refractivity contribution in [1.29, 1.82) is 0 Å². The van der Waals surface area contributed by atoms with Crippen molar-refractivity contribution in [3.05, 3.63) is 35.9 Å². The minimum atomic E-state index is -0.469. The van der Waals surface area contributed by atoms with Gasteiger partial charge in [-0.25, -0.2) is 4.79 Å². The summed E-state index contributed by atoms with van der Waals surface area (Å²) in [5.41, 5.74) is 0.950. The quantitative estimate of drug-likeness (QED) is 0.857. The number of benzene rings is 1. The number of ether oxygens (including phenoxy) is 2. The zero-order valence-corrected chi connectivity index (χ0v) is 11.4. The lowest BCUT2D eigenvalue weighted by atomic mass is 9.92. The molecule has 1 unspecified atom stereocenters. The molecule has 106 valence electrons. The van der Waals surface area contributed by atoms with E-state index < -0.39 is 6.09 Å². The smallest absolute Gasteiger partial charge is 0.408 e. The number of terminal acetylenes is 1. The molecule has 4 heteroatoms. The van der Waals surface area contributed by atoms with Gasteiger partial charge in [0, 0.05) is 13.2 Å². The van der Waals surface area contributed by atoms with Gasteiger partial charge in [-0.15, -0.1) is 6.42 Å². The molecule has 1 aliphatic heterocycles. The Bertz CT molecular complexity index is 460. The minimum Gasteiger partial charge on any atom is -0.445 e. The van der Waals surface area contributed by atoms with E-state index in [0.717, 1.165) is 18.4 Å². The Morgan fingerprint density at radius 3 is 2.75 bits per heavy atom. The van der Waals surface area contributed by atoms with E-state index in [1.54, 1.807) is 0 Å². The zero-order valence-electron chi connectivity index (χ0n) is 11.4. The van der Waals surface area contributed by atoms with Crippen LogP contribution in [0.15, 0.2) is 30.3 Å². The number of rotatable bonds is 4. The van der Waals surface area contributed by atoms with Gasteiger partial charge in [-0.1, -0.05) is 36.3 Å². The van der Waals surface area contributed by atoms with Crippen LogP contribution in [-0.2, 0) is 16.1 Å². The maximum absolute atomic E-state index is 11.8. The average molecular weight is 273 g/mol. The van der Waals surface area contributed by atoms with Gasteiger partial charge in [-0.05, 0) is 24.3 Å². The molecule has 4 nitrogen and oxygen atoms in total. The van der Waals surface area contributed by atoms with E-state index in [2.05, 4.69) is 11.2 Å². The Morgan fingerprint density at radius 1 is 1.40 bits per heavy atom. The van der Waals surface area contributed by atoms with Gasteiger partial charge in [0.1, 0.15) is 6.61 Å². The van der Waals surface area contributed by atoms with Crippen LogP contribution in [0, 0.1) is 18.3 Å². The van der Waals surface area contributed by atoms with Crippen LogP contribution < -0.4 is 5.32 Å². The van der Waals surface area contributed by atoms with E-state index in [1.165, 1.54) is 0 Å². The minimum absolute atomic E-state index is 0.248. The zero-order chi connectivity index (χ0) is 14.2. The molecule has 0 spiro atoms. The highest BCUT2D eigenvalue weighted by molar-refractivity contribution is 5.68.